The Morgan fingerprint density at radius 2 is 1.72 bits per heavy atom. The van der Waals surface area contributed by atoms with Gasteiger partial charge in [0.15, 0.2) is 15.8 Å². The van der Waals surface area contributed by atoms with Crippen LogP contribution in [-0.4, -0.2) is 52.1 Å². The molecule has 0 aliphatic heterocycles. The van der Waals surface area contributed by atoms with Gasteiger partial charge in [-0.3, -0.25) is 4.79 Å². The van der Waals surface area contributed by atoms with E-state index in [1.165, 1.54) is 11.2 Å². The lowest BCUT2D eigenvalue weighted by Crippen LogP contribution is -2.42. The largest absolute Gasteiger partial charge is 0.352 e. The molecule has 156 valence electrons. The van der Waals surface area contributed by atoms with E-state index >= 15 is 0 Å². The van der Waals surface area contributed by atoms with E-state index in [-0.39, 0.29) is 12.5 Å². The molecule has 2 aromatic carbocycles. The quantitative estimate of drug-likeness (QED) is 0.530. The number of nitrogens with one attached hydrogen (secondary N) is 2. The fourth-order valence-corrected chi connectivity index (χ4v) is 3.63. The second kappa shape index (κ2) is 10.1. The van der Waals surface area contributed by atoms with E-state index < -0.39 is 9.84 Å². The average Bonchev–Trinajstić information content (AvgIpc) is 2.66. The van der Waals surface area contributed by atoms with Crippen molar-refractivity contribution in [1.82, 2.24) is 15.5 Å². The number of sulfone groups is 1. The van der Waals surface area contributed by atoms with E-state index in [1.807, 2.05) is 36.4 Å². The first-order valence-electron chi connectivity index (χ1n) is 9.22. The molecule has 0 atom stereocenters. The molecule has 0 heterocycles. The third-order valence-corrected chi connectivity index (χ3v) is 5.52. The molecular weight excluding hydrogens is 388 g/mol. The zero-order valence-corrected chi connectivity index (χ0v) is 18.1. The average molecular weight is 417 g/mol. The zero-order chi connectivity index (χ0) is 21.4. The van der Waals surface area contributed by atoms with E-state index in [9.17, 15) is 13.2 Å². The molecule has 2 aromatic rings. The first kappa shape index (κ1) is 22.4. The Morgan fingerprint density at radius 1 is 1.03 bits per heavy atom. The number of guanidine groups is 1. The SMILES string of the molecule is Cc1cc(CN=C(NCC(=O)N(C)C)NCc2ccccc2)ccc1S(C)(=O)=O. The predicted octanol–water partition coefficient (Wildman–Crippen LogP) is 1.72. The Hall–Kier alpha value is -2.87. The summed E-state index contributed by atoms with van der Waals surface area (Å²) in [6.07, 6.45) is 1.20. The van der Waals surface area contributed by atoms with Crippen LogP contribution in [0.1, 0.15) is 16.7 Å². The van der Waals surface area contributed by atoms with Crippen molar-refractivity contribution >= 4 is 21.7 Å². The number of carbonyl (C=O) groups is 1. The number of hydrogen-bond acceptors (Lipinski definition) is 4. The van der Waals surface area contributed by atoms with Gasteiger partial charge in [0.05, 0.1) is 18.0 Å². The van der Waals surface area contributed by atoms with Crippen molar-refractivity contribution in [2.75, 3.05) is 26.9 Å². The van der Waals surface area contributed by atoms with Gasteiger partial charge in [-0.25, -0.2) is 13.4 Å². The van der Waals surface area contributed by atoms with Crippen LogP contribution in [0.4, 0.5) is 0 Å². The van der Waals surface area contributed by atoms with Crippen LogP contribution in [0.5, 0.6) is 0 Å². The molecule has 2 N–H and O–H groups in total. The summed E-state index contributed by atoms with van der Waals surface area (Å²) in [7, 11) is 0.148. The van der Waals surface area contributed by atoms with Gasteiger partial charge in [0.2, 0.25) is 5.91 Å². The van der Waals surface area contributed by atoms with Crippen molar-refractivity contribution in [1.29, 1.82) is 0 Å². The fourth-order valence-electron chi connectivity index (χ4n) is 2.67. The maximum Gasteiger partial charge on any atom is 0.241 e. The van der Waals surface area contributed by atoms with E-state index in [1.54, 1.807) is 33.2 Å². The van der Waals surface area contributed by atoms with E-state index in [4.69, 9.17) is 0 Å². The summed E-state index contributed by atoms with van der Waals surface area (Å²) in [6, 6.07) is 15.1. The Balaban J connectivity index is 2.12. The third kappa shape index (κ3) is 7.23. The number of benzene rings is 2. The van der Waals surface area contributed by atoms with Crippen molar-refractivity contribution < 1.29 is 13.2 Å². The van der Waals surface area contributed by atoms with Crippen LogP contribution in [0.25, 0.3) is 0 Å². The summed E-state index contributed by atoms with van der Waals surface area (Å²) in [4.78, 5) is 18.3. The molecule has 2 rings (SSSR count). The minimum atomic E-state index is -3.25. The lowest BCUT2D eigenvalue weighted by Gasteiger charge is -2.15. The van der Waals surface area contributed by atoms with Crippen molar-refractivity contribution in [2.45, 2.75) is 24.9 Å². The third-order valence-electron chi connectivity index (χ3n) is 4.27. The Morgan fingerprint density at radius 3 is 2.31 bits per heavy atom. The molecule has 0 unspecified atom stereocenters. The van der Waals surface area contributed by atoms with E-state index in [0.717, 1.165) is 11.1 Å². The summed E-state index contributed by atoms with van der Waals surface area (Å²) in [6.45, 7) is 2.81. The predicted molar refractivity (Wildman–Crippen MR) is 115 cm³/mol. The monoisotopic (exact) mass is 416 g/mol. The highest BCUT2D eigenvalue weighted by molar-refractivity contribution is 7.90. The van der Waals surface area contributed by atoms with Gasteiger partial charge in [-0.1, -0.05) is 42.5 Å². The number of likely N-dealkylation sites (N-methyl/N-ethyl adjacent to an activating group) is 1. The highest BCUT2D eigenvalue weighted by Crippen LogP contribution is 2.17. The van der Waals surface area contributed by atoms with Gasteiger partial charge in [0.25, 0.3) is 0 Å². The molecule has 29 heavy (non-hydrogen) atoms. The molecule has 0 saturated heterocycles. The fraction of sp³-hybridized carbons (Fsp3) is 0.333. The number of aliphatic imine (C=N–C) groups is 1. The summed E-state index contributed by atoms with van der Waals surface area (Å²) >= 11 is 0. The molecule has 0 spiro atoms. The van der Waals surface area contributed by atoms with Gasteiger partial charge in [-0.2, -0.15) is 0 Å². The van der Waals surface area contributed by atoms with E-state index in [2.05, 4.69) is 15.6 Å². The standard InChI is InChI=1S/C21H28N4O3S/c1-16-12-18(10-11-19(16)29(4,27)28)14-23-21(24-15-20(26)25(2)3)22-13-17-8-6-5-7-9-17/h5-12H,13-15H2,1-4H3,(H2,22,23,24). The van der Waals surface area contributed by atoms with Crippen LogP contribution in [0.2, 0.25) is 0 Å². The van der Waals surface area contributed by atoms with Crippen LogP contribution in [-0.2, 0) is 27.7 Å². The molecule has 1 amide bonds. The molecule has 0 aromatic heterocycles. The molecule has 0 radical (unpaired) electrons. The number of hydrogen-bond donors (Lipinski definition) is 2. The summed E-state index contributed by atoms with van der Waals surface area (Å²) < 4.78 is 23.5. The van der Waals surface area contributed by atoms with Crippen LogP contribution < -0.4 is 10.6 Å². The van der Waals surface area contributed by atoms with Crippen molar-refractivity contribution in [3.05, 3.63) is 65.2 Å². The number of aryl methyl sites for hydroxylation is 1. The number of rotatable bonds is 7. The second-order valence-corrected chi connectivity index (χ2v) is 9.00. The number of nitrogens with zero attached hydrogens (tertiary/aromatic N) is 2. The van der Waals surface area contributed by atoms with Crippen LogP contribution in [0.3, 0.4) is 0 Å². The molecule has 0 bridgehead atoms. The lowest BCUT2D eigenvalue weighted by molar-refractivity contribution is -0.127. The topological polar surface area (TPSA) is 90.9 Å². The normalized spacial score (nSPS) is 11.8. The first-order valence-corrected chi connectivity index (χ1v) is 11.1. The van der Waals surface area contributed by atoms with Gasteiger partial charge in [-0.05, 0) is 29.7 Å². The van der Waals surface area contributed by atoms with Gasteiger partial charge in [0.1, 0.15) is 0 Å². The zero-order valence-electron chi connectivity index (χ0n) is 17.3. The minimum Gasteiger partial charge on any atom is -0.352 e. The second-order valence-electron chi connectivity index (χ2n) is 7.02. The van der Waals surface area contributed by atoms with Crippen LogP contribution in [0, 0.1) is 6.92 Å². The van der Waals surface area contributed by atoms with Crippen molar-refractivity contribution in [3.63, 3.8) is 0 Å². The van der Waals surface area contributed by atoms with Gasteiger partial charge in [0, 0.05) is 26.9 Å². The highest BCUT2D eigenvalue weighted by Gasteiger charge is 2.11. The smallest absolute Gasteiger partial charge is 0.241 e. The van der Waals surface area contributed by atoms with E-state index in [0.29, 0.717) is 29.5 Å². The molecule has 0 aliphatic rings. The Bertz CT molecular complexity index is 971. The highest BCUT2D eigenvalue weighted by atomic mass is 32.2. The molecular formula is C21H28N4O3S. The minimum absolute atomic E-state index is 0.0624. The molecule has 0 saturated carbocycles. The van der Waals surface area contributed by atoms with Crippen molar-refractivity contribution in [2.24, 2.45) is 4.99 Å². The first-order chi connectivity index (χ1) is 13.7. The number of carbonyl (C=O) groups excluding carboxylic acids is 1. The lowest BCUT2D eigenvalue weighted by atomic mass is 10.1. The summed E-state index contributed by atoms with van der Waals surface area (Å²) in [5.74, 6) is 0.446. The Kier molecular flexibility index (Phi) is 7.78. The maximum atomic E-state index is 11.9. The molecule has 0 fully saturated rings. The molecule has 8 heteroatoms. The van der Waals surface area contributed by atoms with Crippen LogP contribution in [0.15, 0.2) is 58.4 Å². The molecule has 0 aliphatic carbocycles. The van der Waals surface area contributed by atoms with Gasteiger partial charge in [-0.15, -0.1) is 0 Å². The summed E-state index contributed by atoms with van der Waals surface area (Å²) in [5.41, 5.74) is 2.67. The number of amides is 1. The maximum absolute atomic E-state index is 11.9. The van der Waals surface area contributed by atoms with Crippen molar-refractivity contribution in [3.8, 4) is 0 Å². The molecule has 7 nitrogen and oxygen atoms in total. The summed E-state index contributed by atoms with van der Waals surface area (Å²) in [5, 5.41) is 6.27. The van der Waals surface area contributed by atoms with Crippen LogP contribution >= 0.6 is 0 Å². The van der Waals surface area contributed by atoms with Gasteiger partial charge >= 0.3 is 0 Å². The van der Waals surface area contributed by atoms with Gasteiger partial charge < -0.3 is 15.5 Å². The Labute approximate surface area is 172 Å².